The zero-order valence-corrected chi connectivity index (χ0v) is 11.6. The van der Waals surface area contributed by atoms with Gasteiger partial charge < -0.3 is 10.4 Å². The summed E-state index contributed by atoms with van der Waals surface area (Å²) in [4.78, 5) is 12.1. The summed E-state index contributed by atoms with van der Waals surface area (Å²) in [5.41, 5.74) is 1.95. The SMILES string of the molecule is CCc1ccc(CC(=O)NC2(CO)CCCC2)cc1. The van der Waals surface area contributed by atoms with Crippen molar-refractivity contribution in [3.05, 3.63) is 35.4 Å². The maximum Gasteiger partial charge on any atom is 0.224 e. The molecule has 1 aliphatic carbocycles. The average Bonchev–Trinajstić information content (AvgIpc) is 2.88. The Morgan fingerprint density at radius 2 is 1.79 bits per heavy atom. The maximum atomic E-state index is 12.1. The minimum Gasteiger partial charge on any atom is -0.394 e. The number of amides is 1. The van der Waals surface area contributed by atoms with Crippen LogP contribution in [0.25, 0.3) is 0 Å². The van der Waals surface area contributed by atoms with Crippen LogP contribution >= 0.6 is 0 Å². The van der Waals surface area contributed by atoms with Crippen molar-refractivity contribution in [1.29, 1.82) is 0 Å². The van der Waals surface area contributed by atoms with Crippen LogP contribution in [0.5, 0.6) is 0 Å². The van der Waals surface area contributed by atoms with Gasteiger partial charge in [0.15, 0.2) is 0 Å². The Hall–Kier alpha value is -1.35. The monoisotopic (exact) mass is 261 g/mol. The Bertz CT molecular complexity index is 419. The molecule has 0 atom stereocenters. The van der Waals surface area contributed by atoms with Crippen molar-refractivity contribution >= 4 is 5.91 Å². The molecule has 0 radical (unpaired) electrons. The van der Waals surface area contributed by atoms with E-state index >= 15 is 0 Å². The fourth-order valence-corrected chi connectivity index (χ4v) is 2.79. The van der Waals surface area contributed by atoms with Gasteiger partial charge in [-0.1, -0.05) is 44.0 Å². The van der Waals surface area contributed by atoms with Gasteiger partial charge in [-0.15, -0.1) is 0 Å². The van der Waals surface area contributed by atoms with Gasteiger partial charge in [-0.2, -0.15) is 0 Å². The van der Waals surface area contributed by atoms with E-state index in [-0.39, 0.29) is 18.1 Å². The minimum atomic E-state index is -0.361. The fraction of sp³-hybridized carbons (Fsp3) is 0.562. The Balaban J connectivity index is 1.93. The molecule has 0 aliphatic heterocycles. The molecule has 2 rings (SSSR count). The van der Waals surface area contributed by atoms with Gasteiger partial charge in [0, 0.05) is 0 Å². The second-order valence-corrected chi connectivity index (χ2v) is 5.54. The van der Waals surface area contributed by atoms with Crippen LogP contribution in [0.1, 0.15) is 43.7 Å². The summed E-state index contributed by atoms with van der Waals surface area (Å²) in [6.45, 7) is 2.17. The highest BCUT2D eigenvalue weighted by atomic mass is 16.3. The van der Waals surface area contributed by atoms with Crippen molar-refractivity contribution < 1.29 is 9.90 Å². The number of carbonyl (C=O) groups excluding carboxylic acids is 1. The van der Waals surface area contributed by atoms with E-state index in [1.54, 1.807) is 0 Å². The zero-order valence-electron chi connectivity index (χ0n) is 11.6. The highest BCUT2D eigenvalue weighted by Gasteiger charge is 2.34. The molecule has 1 fully saturated rings. The van der Waals surface area contributed by atoms with Crippen molar-refractivity contribution in [1.82, 2.24) is 5.32 Å². The number of carbonyl (C=O) groups is 1. The molecule has 0 unspecified atom stereocenters. The maximum absolute atomic E-state index is 12.1. The molecule has 2 N–H and O–H groups in total. The number of nitrogens with one attached hydrogen (secondary N) is 1. The van der Waals surface area contributed by atoms with Crippen molar-refractivity contribution in [2.75, 3.05) is 6.61 Å². The summed E-state index contributed by atoms with van der Waals surface area (Å²) in [5, 5.41) is 12.5. The Morgan fingerprint density at radius 1 is 1.21 bits per heavy atom. The summed E-state index contributed by atoms with van der Waals surface area (Å²) in [5.74, 6) is 0.0141. The van der Waals surface area contributed by atoms with E-state index in [1.165, 1.54) is 5.56 Å². The molecule has 0 saturated heterocycles. The van der Waals surface area contributed by atoms with Crippen LogP contribution < -0.4 is 5.32 Å². The van der Waals surface area contributed by atoms with Crippen LogP contribution in [-0.4, -0.2) is 23.2 Å². The van der Waals surface area contributed by atoms with Crippen molar-refractivity contribution in [2.24, 2.45) is 0 Å². The number of hydrogen-bond acceptors (Lipinski definition) is 2. The van der Waals surface area contributed by atoms with Gasteiger partial charge >= 0.3 is 0 Å². The van der Waals surface area contributed by atoms with Crippen molar-refractivity contribution in [3.63, 3.8) is 0 Å². The summed E-state index contributed by atoms with van der Waals surface area (Å²) < 4.78 is 0. The molecule has 1 amide bonds. The molecule has 0 heterocycles. The first-order valence-corrected chi connectivity index (χ1v) is 7.17. The topological polar surface area (TPSA) is 49.3 Å². The molecular formula is C16H23NO2. The third kappa shape index (κ3) is 3.57. The first-order chi connectivity index (χ1) is 9.17. The van der Waals surface area contributed by atoms with Gasteiger partial charge in [0.2, 0.25) is 5.91 Å². The van der Waals surface area contributed by atoms with Crippen molar-refractivity contribution in [2.45, 2.75) is 51.0 Å². The molecule has 0 aromatic heterocycles. The lowest BCUT2D eigenvalue weighted by molar-refractivity contribution is -0.122. The molecule has 1 aromatic carbocycles. The van der Waals surface area contributed by atoms with E-state index in [0.29, 0.717) is 6.42 Å². The van der Waals surface area contributed by atoms with E-state index in [9.17, 15) is 9.90 Å². The minimum absolute atomic E-state index is 0.0141. The molecule has 0 spiro atoms. The normalized spacial score (nSPS) is 17.4. The molecule has 3 nitrogen and oxygen atoms in total. The van der Waals surface area contributed by atoms with Crippen molar-refractivity contribution in [3.8, 4) is 0 Å². The van der Waals surface area contributed by atoms with E-state index in [2.05, 4.69) is 24.4 Å². The number of aryl methyl sites for hydroxylation is 1. The second kappa shape index (κ2) is 6.20. The third-order valence-electron chi connectivity index (χ3n) is 4.06. The van der Waals surface area contributed by atoms with Gasteiger partial charge in [-0.25, -0.2) is 0 Å². The van der Waals surface area contributed by atoms with E-state index in [0.717, 1.165) is 37.7 Å². The first kappa shape index (κ1) is 14.1. The smallest absolute Gasteiger partial charge is 0.224 e. The van der Waals surface area contributed by atoms with Gasteiger partial charge in [-0.05, 0) is 30.4 Å². The lowest BCUT2D eigenvalue weighted by Gasteiger charge is -2.28. The van der Waals surface area contributed by atoms with Crippen LogP contribution in [0.3, 0.4) is 0 Å². The van der Waals surface area contributed by atoms with Gasteiger partial charge in [-0.3, -0.25) is 4.79 Å². The number of rotatable bonds is 5. The van der Waals surface area contributed by atoms with Crippen LogP contribution in [-0.2, 0) is 17.6 Å². The number of aliphatic hydroxyl groups is 1. The summed E-state index contributed by atoms with van der Waals surface area (Å²) in [7, 11) is 0. The Kier molecular flexibility index (Phi) is 4.59. The molecular weight excluding hydrogens is 238 g/mol. The van der Waals surface area contributed by atoms with E-state index in [1.807, 2.05) is 12.1 Å². The summed E-state index contributed by atoms with van der Waals surface area (Å²) >= 11 is 0. The third-order valence-corrected chi connectivity index (χ3v) is 4.06. The Morgan fingerprint density at radius 3 is 2.32 bits per heavy atom. The van der Waals surface area contributed by atoms with E-state index < -0.39 is 0 Å². The second-order valence-electron chi connectivity index (χ2n) is 5.54. The summed E-state index contributed by atoms with van der Waals surface area (Å²) in [6.07, 6.45) is 5.37. The lowest BCUT2D eigenvalue weighted by Crippen LogP contribution is -2.49. The van der Waals surface area contributed by atoms with Gasteiger partial charge in [0.05, 0.1) is 18.6 Å². The molecule has 1 aliphatic rings. The van der Waals surface area contributed by atoms with E-state index in [4.69, 9.17) is 0 Å². The first-order valence-electron chi connectivity index (χ1n) is 7.17. The lowest BCUT2D eigenvalue weighted by atomic mass is 9.98. The Labute approximate surface area is 115 Å². The zero-order chi connectivity index (χ0) is 13.7. The van der Waals surface area contributed by atoms with Crippen LogP contribution in [0.4, 0.5) is 0 Å². The quantitative estimate of drug-likeness (QED) is 0.854. The molecule has 19 heavy (non-hydrogen) atoms. The number of aliphatic hydroxyl groups excluding tert-OH is 1. The molecule has 104 valence electrons. The highest BCUT2D eigenvalue weighted by molar-refractivity contribution is 5.79. The highest BCUT2D eigenvalue weighted by Crippen LogP contribution is 2.29. The predicted octanol–water partition coefficient (Wildman–Crippen LogP) is 2.21. The predicted molar refractivity (Wildman–Crippen MR) is 76.0 cm³/mol. The standard InChI is InChI=1S/C16H23NO2/c1-2-13-5-7-14(8-6-13)11-15(19)17-16(12-18)9-3-4-10-16/h5-8,18H,2-4,9-12H2,1H3,(H,17,19). The largest absolute Gasteiger partial charge is 0.394 e. The molecule has 0 bridgehead atoms. The number of benzene rings is 1. The number of hydrogen-bond donors (Lipinski definition) is 2. The molecule has 1 saturated carbocycles. The van der Waals surface area contributed by atoms with Crippen LogP contribution in [0.15, 0.2) is 24.3 Å². The van der Waals surface area contributed by atoms with Gasteiger partial charge in [0.25, 0.3) is 0 Å². The molecule has 3 heteroatoms. The average molecular weight is 261 g/mol. The van der Waals surface area contributed by atoms with Crippen LogP contribution in [0.2, 0.25) is 0 Å². The fourth-order valence-electron chi connectivity index (χ4n) is 2.79. The van der Waals surface area contributed by atoms with Gasteiger partial charge in [0.1, 0.15) is 0 Å². The molecule has 1 aromatic rings. The summed E-state index contributed by atoms with van der Waals surface area (Å²) in [6, 6.07) is 8.16. The van der Waals surface area contributed by atoms with Crippen LogP contribution in [0, 0.1) is 0 Å².